The molecule has 0 radical (unpaired) electrons. The Bertz CT molecular complexity index is 322. The Morgan fingerprint density at radius 2 is 2.36 bits per heavy atom. The number of isocyanates is 1. The van der Waals surface area contributed by atoms with Gasteiger partial charge in [0.25, 0.3) is 0 Å². The second-order valence-corrected chi connectivity index (χ2v) is 2.82. The highest BCUT2D eigenvalue weighted by atomic mass is 79.9. The zero-order chi connectivity index (χ0) is 8.27. The van der Waals surface area contributed by atoms with Gasteiger partial charge in [0.1, 0.15) is 10.3 Å². The second-order valence-electron chi connectivity index (χ2n) is 1.65. The molecule has 0 amide bonds. The number of aliphatic imine (C=N–C) groups is 1. The molecule has 5 heteroatoms. The van der Waals surface area contributed by atoms with E-state index >= 15 is 0 Å². The molecule has 0 bridgehead atoms. The number of carbonyl (C=O) groups excluding carboxylic acids is 1. The van der Waals surface area contributed by atoms with Crippen molar-refractivity contribution in [2.24, 2.45) is 4.99 Å². The van der Waals surface area contributed by atoms with Crippen molar-refractivity contribution in [1.29, 1.82) is 0 Å². The maximum atomic E-state index is 9.82. The van der Waals surface area contributed by atoms with E-state index in [1.807, 2.05) is 0 Å². The molecule has 1 aromatic rings. The zero-order valence-corrected chi connectivity index (χ0v) is 7.56. The molecular weight excluding hydrogens is 231 g/mol. The molecule has 11 heavy (non-hydrogen) atoms. The Balaban J connectivity index is 3.19. The molecule has 1 heterocycles. The Kier molecular flexibility index (Phi) is 2.76. The lowest BCUT2D eigenvalue weighted by Gasteiger charge is -1.93. The van der Waals surface area contributed by atoms with E-state index in [0.29, 0.717) is 10.3 Å². The number of halogens is 2. The molecule has 1 rings (SSSR count). The van der Waals surface area contributed by atoms with Crippen molar-refractivity contribution in [3.05, 3.63) is 21.9 Å². The van der Waals surface area contributed by atoms with Gasteiger partial charge in [-0.1, -0.05) is 11.6 Å². The SMILES string of the molecule is O=C=Nc1ccc(Br)nc1Cl. The van der Waals surface area contributed by atoms with Crippen molar-refractivity contribution in [3.8, 4) is 0 Å². The van der Waals surface area contributed by atoms with Crippen LogP contribution >= 0.6 is 27.5 Å². The van der Waals surface area contributed by atoms with Gasteiger partial charge in [-0.15, -0.1) is 0 Å². The van der Waals surface area contributed by atoms with Crippen LogP contribution in [0.5, 0.6) is 0 Å². The summed E-state index contributed by atoms with van der Waals surface area (Å²) in [6, 6.07) is 3.21. The van der Waals surface area contributed by atoms with Gasteiger partial charge in [0.2, 0.25) is 6.08 Å². The van der Waals surface area contributed by atoms with Crippen LogP contribution in [-0.2, 0) is 4.79 Å². The highest BCUT2D eigenvalue weighted by molar-refractivity contribution is 9.10. The van der Waals surface area contributed by atoms with Gasteiger partial charge in [-0.2, -0.15) is 4.99 Å². The highest BCUT2D eigenvalue weighted by Crippen LogP contribution is 2.23. The first-order valence-corrected chi connectivity index (χ1v) is 3.81. The van der Waals surface area contributed by atoms with Crippen molar-refractivity contribution < 1.29 is 4.79 Å². The normalized spacial score (nSPS) is 8.91. The minimum absolute atomic E-state index is 0.183. The van der Waals surface area contributed by atoms with Crippen LogP contribution in [0, 0.1) is 0 Å². The van der Waals surface area contributed by atoms with E-state index in [4.69, 9.17) is 11.6 Å². The molecule has 0 aromatic carbocycles. The second kappa shape index (κ2) is 3.62. The molecule has 56 valence electrons. The fraction of sp³-hybridized carbons (Fsp3) is 0. The van der Waals surface area contributed by atoms with Crippen LogP contribution in [0.25, 0.3) is 0 Å². The summed E-state index contributed by atoms with van der Waals surface area (Å²) in [4.78, 5) is 16.9. The quantitative estimate of drug-likeness (QED) is 0.425. The molecule has 0 saturated carbocycles. The van der Waals surface area contributed by atoms with E-state index in [1.54, 1.807) is 12.1 Å². The highest BCUT2D eigenvalue weighted by Gasteiger charge is 1.99. The molecule has 0 unspecified atom stereocenters. The molecular formula is C6H2BrClN2O. The Hall–Kier alpha value is -0.700. The molecule has 1 aromatic heterocycles. The molecule has 0 spiro atoms. The van der Waals surface area contributed by atoms with Gasteiger partial charge < -0.3 is 0 Å². The number of hydrogen-bond donors (Lipinski definition) is 0. The smallest absolute Gasteiger partial charge is 0.227 e. The summed E-state index contributed by atoms with van der Waals surface area (Å²) in [6.07, 6.45) is 1.38. The summed E-state index contributed by atoms with van der Waals surface area (Å²) in [6.45, 7) is 0. The van der Waals surface area contributed by atoms with Crippen LogP contribution in [0.3, 0.4) is 0 Å². The summed E-state index contributed by atoms with van der Waals surface area (Å²) < 4.78 is 0.604. The van der Waals surface area contributed by atoms with E-state index in [-0.39, 0.29) is 5.15 Å². The molecule has 0 aliphatic heterocycles. The van der Waals surface area contributed by atoms with Gasteiger partial charge in [0, 0.05) is 0 Å². The lowest BCUT2D eigenvalue weighted by molar-refractivity contribution is 0.565. The van der Waals surface area contributed by atoms with Gasteiger partial charge in [-0.05, 0) is 28.1 Å². The molecule has 0 saturated heterocycles. The van der Waals surface area contributed by atoms with E-state index in [0.717, 1.165) is 0 Å². The van der Waals surface area contributed by atoms with Crippen LogP contribution in [0.1, 0.15) is 0 Å². The molecule has 0 aliphatic rings. The summed E-state index contributed by atoms with van der Waals surface area (Å²) in [5, 5.41) is 0.183. The van der Waals surface area contributed by atoms with E-state index in [9.17, 15) is 4.79 Å². The zero-order valence-electron chi connectivity index (χ0n) is 5.21. The van der Waals surface area contributed by atoms with Crippen LogP contribution in [0.15, 0.2) is 21.7 Å². The predicted octanol–water partition coefficient (Wildman–Crippen LogP) is 2.46. The van der Waals surface area contributed by atoms with Gasteiger partial charge in [-0.3, -0.25) is 0 Å². The van der Waals surface area contributed by atoms with E-state index < -0.39 is 0 Å². The van der Waals surface area contributed by atoms with E-state index in [2.05, 4.69) is 25.9 Å². The van der Waals surface area contributed by atoms with Crippen molar-refractivity contribution in [3.63, 3.8) is 0 Å². The topological polar surface area (TPSA) is 42.3 Å². The average Bonchev–Trinajstić information content (AvgIpc) is 1.95. The number of aromatic nitrogens is 1. The molecule has 0 fully saturated rings. The summed E-state index contributed by atoms with van der Waals surface area (Å²) >= 11 is 8.71. The summed E-state index contributed by atoms with van der Waals surface area (Å²) in [7, 11) is 0. The maximum absolute atomic E-state index is 9.82. The van der Waals surface area contributed by atoms with Gasteiger partial charge >= 0.3 is 0 Å². The number of pyridine rings is 1. The van der Waals surface area contributed by atoms with E-state index in [1.165, 1.54) is 6.08 Å². The first-order chi connectivity index (χ1) is 5.24. The number of rotatable bonds is 1. The standard InChI is InChI=1S/C6H2BrClN2O/c7-5-2-1-4(9-3-11)6(8)10-5/h1-2H. The molecule has 0 aliphatic carbocycles. The van der Waals surface area contributed by atoms with Crippen LogP contribution in [-0.4, -0.2) is 11.1 Å². The third kappa shape index (κ3) is 2.12. The summed E-state index contributed by atoms with van der Waals surface area (Å²) in [5.74, 6) is 0. The minimum Gasteiger partial charge on any atom is -0.227 e. The number of hydrogen-bond acceptors (Lipinski definition) is 3. The first kappa shape index (κ1) is 8.40. The molecule has 0 atom stereocenters. The Morgan fingerprint density at radius 1 is 1.64 bits per heavy atom. The molecule has 3 nitrogen and oxygen atoms in total. The third-order valence-corrected chi connectivity index (χ3v) is 1.68. The van der Waals surface area contributed by atoms with Crippen LogP contribution < -0.4 is 0 Å². The predicted molar refractivity (Wildman–Crippen MR) is 44.7 cm³/mol. The average molecular weight is 233 g/mol. The third-order valence-electron chi connectivity index (χ3n) is 0.961. The van der Waals surface area contributed by atoms with Gasteiger partial charge in [-0.25, -0.2) is 9.78 Å². The maximum Gasteiger partial charge on any atom is 0.240 e. The molecule has 0 N–H and O–H groups in total. The summed E-state index contributed by atoms with van der Waals surface area (Å²) in [5.41, 5.74) is 0.324. The van der Waals surface area contributed by atoms with Crippen molar-refractivity contribution >= 4 is 39.3 Å². The minimum atomic E-state index is 0.183. The Morgan fingerprint density at radius 3 is 2.91 bits per heavy atom. The fourth-order valence-corrected chi connectivity index (χ4v) is 1.15. The lowest BCUT2D eigenvalue weighted by Crippen LogP contribution is -1.76. The largest absolute Gasteiger partial charge is 0.240 e. The van der Waals surface area contributed by atoms with Crippen molar-refractivity contribution in [2.45, 2.75) is 0 Å². The van der Waals surface area contributed by atoms with Crippen LogP contribution in [0.4, 0.5) is 5.69 Å². The van der Waals surface area contributed by atoms with Crippen molar-refractivity contribution in [2.75, 3.05) is 0 Å². The van der Waals surface area contributed by atoms with Gasteiger partial charge in [0.15, 0.2) is 5.15 Å². The Labute approximate surface area is 76.2 Å². The van der Waals surface area contributed by atoms with Crippen molar-refractivity contribution in [1.82, 2.24) is 4.98 Å². The number of nitrogens with zero attached hydrogens (tertiary/aromatic N) is 2. The lowest BCUT2D eigenvalue weighted by atomic mass is 10.4. The monoisotopic (exact) mass is 232 g/mol. The first-order valence-electron chi connectivity index (χ1n) is 2.64. The fourth-order valence-electron chi connectivity index (χ4n) is 0.537. The van der Waals surface area contributed by atoms with Crippen LogP contribution in [0.2, 0.25) is 5.15 Å². The van der Waals surface area contributed by atoms with Gasteiger partial charge in [0.05, 0.1) is 0 Å².